The number of benzene rings is 1. The molecule has 6 heteroatoms. The molecule has 0 spiro atoms. The number of nitrogens with one attached hydrogen (secondary N) is 2. The van der Waals surface area contributed by atoms with Crippen molar-refractivity contribution in [2.75, 3.05) is 0 Å². The van der Waals surface area contributed by atoms with Gasteiger partial charge in [-0.3, -0.25) is 9.78 Å². The zero-order valence-corrected chi connectivity index (χ0v) is 11.4. The molecule has 0 unspecified atom stereocenters. The molecule has 1 aromatic carbocycles. The topological polar surface area (TPSA) is 66.4 Å². The summed E-state index contributed by atoms with van der Waals surface area (Å²) < 4.78 is 2.95. The molecule has 0 saturated heterocycles. The molecule has 20 heavy (non-hydrogen) atoms. The zero-order valence-electron chi connectivity index (χ0n) is 10.5. The third kappa shape index (κ3) is 2.80. The molecule has 0 saturated carbocycles. The highest BCUT2D eigenvalue weighted by molar-refractivity contribution is 7.98. The van der Waals surface area contributed by atoms with E-state index in [1.807, 2.05) is 24.3 Å². The third-order valence-corrected chi connectivity index (χ3v) is 3.59. The predicted molar refractivity (Wildman–Crippen MR) is 79.0 cm³/mol. The van der Waals surface area contributed by atoms with Crippen molar-refractivity contribution in [1.29, 1.82) is 0 Å². The smallest absolute Gasteiger partial charge is 0.251 e. The standard InChI is InChI=1S/C14H12N4OS/c19-14(16-8-10-2-1-5-15-7-10)11-3-4-12-13(6-11)20-18-9-17-12/h1-7,9H,8H2,(H,16,19)(H,17,18). The van der Waals surface area contributed by atoms with Crippen LogP contribution in [0.25, 0.3) is 0 Å². The quantitative estimate of drug-likeness (QED) is 0.849. The number of aliphatic imine (C=N–C) groups is 1. The van der Waals surface area contributed by atoms with E-state index in [-0.39, 0.29) is 5.91 Å². The molecule has 0 atom stereocenters. The van der Waals surface area contributed by atoms with Crippen LogP contribution in [0.15, 0.2) is 52.6 Å². The second kappa shape index (κ2) is 5.75. The van der Waals surface area contributed by atoms with Crippen LogP contribution in [0.5, 0.6) is 0 Å². The summed E-state index contributed by atoms with van der Waals surface area (Å²) in [6, 6.07) is 9.23. The number of aromatic nitrogens is 1. The van der Waals surface area contributed by atoms with Gasteiger partial charge in [0.25, 0.3) is 5.91 Å². The maximum Gasteiger partial charge on any atom is 0.251 e. The SMILES string of the molecule is O=C(NCc1cccnc1)c1ccc2c(c1)SNC=N2. The van der Waals surface area contributed by atoms with E-state index in [0.717, 1.165) is 16.1 Å². The second-order valence-corrected chi connectivity index (χ2v) is 5.08. The number of rotatable bonds is 3. The van der Waals surface area contributed by atoms with Crippen LogP contribution >= 0.6 is 11.9 Å². The number of carbonyl (C=O) groups excluding carboxylic acids is 1. The minimum atomic E-state index is -0.105. The van der Waals surface area contributed by atoms with E-state index in [4.69, 9.17) is 0 Å². The van der Waals surface area contributed by atoms with Crippen LogP contribution in [-0.2, 0) is 6.54 Å². The fourth-order valence-corrected chi connectivity index (χ4v) is 2.46. The molecule has 1 aliphatic heterocycles. The Morgan fingerprint density at radius 3 is 3.15 bits per heavy atom. The van der Waals surface area contributed by atoms with Gasteiger partial charge in [0, 0.05) is 24.5 Å². The number of hydrogen-bond donors (Lipinski definition) is 2. The largest absolute Gasteiger partial charge is 0.348 e. The molecule has 100 valence electrons. The van der Waals surface area contributed by atoms with Crippen molar-refractivity contribution < 1.29 is 4.79 Å². The van der Waals surface area contributed by atoms with Crippen molar-refractivity contribution in [3.63, 3.8) is 0 Å². The summed E-state index contributed by atoms with van der Waals surface area (Å²) in [5.74, 6) is -0.105. The Morgan fingerprint density at radius 1 is 1.35 bits per heavy atom. The van der Waals surface area contributed by atoms with Crippen molar-refractivity contribution in [2.45, 2.75) is 11.4 Å². The van der Waals surface area contributed by atoms with Crippen molar-refractivity contribution in [3.8, 4) is 0 Å². The van der Waals surface area contributed by atoms with E-state index < -0.39 is 0 Å². The number of amides is 1. The molecule has 2 aromatic rings. The van der Waals surface area contributed by atoms with Crippen LogP contribution in [0, 0.1) is 0 Å². The van der Waals surface area contributed by atoms with Crippen molar-refractivity contribution in [2.24, 2.45) is 4.99 Å². The van der Waals surface area contributed by atoms with Crippen LogP contribution in [0.1, 0.15) is 15.9 Å². The molecule has 0 aliphatic carbocycles. The minimum absolute atomic E-state index is 0.105. The molecule has 0 bridgehead atoms. The van der Waals surface area contributed by atoms with E-state index in [0.29, 0.717) is 12.1 Å². The molecule has 1 aromatic heterocycles. The summed E-state index contributed by atoms with van der Waals surface area (Å²) in [6.45, 7) is 0.466. The Hall–Kier alpha value is -2.34. The molecule has 1 amide bonds. The monoisotopic (exact) mass is 284 g/mol. The molecule has 2 N–H and O–H groups in total. The Kier molecular flexibility index (Phi) is 3.64. The highest BCUT2D eigenvalue weighted by Gasteiger charge is 2.11. The number of fused-ring (bicyclic) bond motifs is 1. The summed E-state index contributed by atoms with van der Waals surface area (Å²) in [4.78, 5) is 21.3. The van der Waals surface area contributed by atoms with Crippen molar-refractivity contribution in [3.05, 3.63) is 53.9 Å². The van der Waals surface area contributed by atoms with Crippen molar-refractivity contribution >= 4 is 29.9 Å². The lowest BCUT2D eigenvalue weighted by molar-refractivity contribution is 0.0950. The van der Waals surface area contributed by atoms with Gasteiger partial charge < -0.3 is 10.0 Å². The normalized spacial score (nSPS) is 12.4. The number of nitrogens with zero attached hydrogens (tertiary/aromatic N) is 2. The van der Waals surface area contributed by atoms with Gasteiger partial charge in [-0.2, -0.15) is 0 Å². The summed E-state index contributed by atoms with van der Waals surface area (Å²) in [5.41, 5.74) is 2.47. The predicted octanol–water partition coefficient (Wildman–Crippen LogP) is 2.28. The third-order valence-electron chi connectivity index (χ3n) is 2.82. The first-order chi connectivity index (χ1) is 9.83. The molecule has 3 rings (SSSR count). The first-order valence-corrected chi connectivity index (χ1v) is 6.90. The molecule has 2 heterocycles. The lowest BCUT2D eigenvalue weighted by atomic mass is 10.2. The van der Waals surface area contributed by atoms with E-state index in [9.17, 15) is 4.79 Å². The van der Waals surface area contributed by atoms with Gasteiger partial charge in [-0.1, -0.05) is 6.07 Å². The van der Waals surface area contributed by atoms with Crippen LogP contribution in [0.2, 0.25) is 0 Å². The highest BCUT2D eigenvalue weighted by atomic mass is 32.2. The lowest BCUT2D eigenvalue weighted by Gasteiger charge is -2.11. The Labute approximate surface area is 120 Å². The van der Waals surface area contributed by atoms with Gasteiger partial charge in [0.2, 0.25) is 0 Å². The molecule has 0 fully saturated rings. The Balaban J connectivity index is 1.70. The highest BCUT2D eigenvalue weighted by Crippen LogP contribution is 2.30. The van der Waals surface area contributed by atoms with E-state index in [1.54, 1.807) is 24.8 Å². The van der Waals surface area contributed by atoms with Gasteiger partial charge in [-0.15, -0.1) is 0 Å². The van der Waals surface area contributed by atoms with Crippen LogP contribution < -0.4 is 10.0 Å². The van der Waals surface area contributed by atoms with Gasteiger partial charge in [0.05, 0.1) is 16.9 Å². The summed E-state index contributed by atoms with van der Waals surface area (Å²) in [7, 11) is 0. The number of carbonyl (C=O) groups is 1. The van der Waals surface area contributed by atoms with Gasteiger partial charge >= 0.3 is 0 Å². The summed E-state index contributed by atoms with van der Waals surface area (Å²) in [5, 5.41) is 2.88. The summed E-state index contributed by atoms with van der Waals surface area (Å²) >= 11 is 1.45. The minimum Gasteiger partial charge on any atom is -0.348 e. The first kappa shape index (κ1) is 12.7. The summed E-state index contributed by atoms with van der Waals surface area (Å²) in [6.07, 6.45) is 5.08. The molecular weight excluding hydrogens is 272 g/mol. The van der Waals surface area contributed by atoms with Crippen LogP contribution in [-0.4, -0.2) is 17.2 Å². The molecular formula is C14H12N4OS. The van der Waals surface area contributed by atoms with Crippen LogP contribution in [0.3, 0.4) is 0 Å². The van der Waals surface area contributed by atoms with Crippen molar-refractivity contribution in [1.82, 2.24) is 15.0 Å². The number of hydrogen-bond acceptors (Lipinski definition) is 5. The zero-order chi connectivity index (χ0) is 13.8. The average molecular weight is 284 g/mol. The lowest BCUT2D eigenvalue weighted by Crippen LogP contribution is -2.23. The molecule has 5 nitrogen and oxygen atoms in total. The van der Waals surface area contributed by atoms with E-state index >= 15 is 0 Å². The van der Waals surface area contributed by atoms with Gasteiger partial charge in [0.15, 0.2) is 0 Å². The fraction of sp³-hybridized carbons (Fsp3) is 0.0714. The molecule has 0 radical (unpaired) electrons. The Morgan fingerprint density at radius 2 is 2.30 bits per heavy atom. The molecule has 1 aliphatic rings. The van der Waals surface area contributed by atoms with E-state index in [1.165, 1.54) is 11.9 Å². The average Bonchev–Trinajstić information content (AvgIpc) is 2.53. The van der Waals surface area contributed by atoms with Gasteiger partial charge in [-0.05, 0) is 41.8 Å². The van der Waals surface area contributed by atoms with E-state index in [2.05, 4.69) is 20.0 Å². The fourth-order valence-electron chi connectivity index (χ4n) is 1.82. The van der Waals surface area contributed by atoms with Gasteiger partial charge in [0.1, 0.15) is 0 Å². The first-order valence-electron chi connectivity index (χ1n) is 6.09. The maximum atomic E-state index is 12.1. The second-order valence-electron chi connectivity index (χ2n) is 4.20. The van der Waals surface area contributed by atoms with Gasteiger partial charge in [-0.25, -0.2) is 4.99 Å². The maximum absolute atomic E-state index is 12.1. The Bertz CT molecular complexity index is 657. The van der Waals surface area contributed by atoms with Crippen LogP contribution in [0.4, 0.5) is 5.69 Å². The number of pyridine rings is 1.